The summed E-state index contributed by atoms with van der Waals surface area (Å²) in [5, 5.41) is 2.08. The van der Waals surface area contributed by atoms with Gasteiger partial charge >= 0.3 is 0 Å². The number of aromatic nitrogens is 3. The van der Waals surface area contributed by atoms with Gasteiger partial charge in [-0.05, 0) is 37.8 Å². The molecule has 0 spiro atoms. The second kappa shape index (κ2) is 4.35. The third kappa shape index (κ3) is 1.81. The molecule has 4 nitrogen and oxygen atoms in total. The average molecular weight is 272 g/mol. The summed E-state index contributed by atoms with van der Waals surface area (Å²) in [6, 6.07) is 2.33. The third-order valence-corrected chi connectivity index (χ3v) is 4.34. The van der Waals surface area contributed by atoms with Crippen LogP contribution in [0, 0.1) is 6.92 Å². The Morgan fingerprint density at radius 3 is 2.79 bits per heavy atom. The smallest absolute Gasteiger partial charge is 0.153 e. The van der Waals surface area contributed by atoms with E-state index in [1.807, 2.05) is 13.0 Å². The van der Waals surface area contributed by atoms with E-state index < -0.39 is 0 Å². The molecule has 0 aliphatic rings. The molecule has 0 saturated carbocycles. The van der Waals surface area contributed by atoms with E-state index in [-0.39, 0.29) is 0 Å². The van der Waals surface area contributed by atoms with E-state index >= 15 is 0 Å². The van der Waals surface area contributed by atoms with Gasteiger partial charge in [0.15, 0.2) is 5.82 Å². The predicted molar refractivity (Wildman–Crippen MR) is 80.4 cm³/mol. The normalized spacial score (nSPS) is 11.6. The minimum absolute atomic E-state index is 0.323. The van der Waals surface area contributed by atoms with Gasteiger partial charge in [-0.1, -0.05) is 0 Å². The van der Waals surface area contributed by atoms with Crippen LogP contribution in [-0.2, 0) is 0 Å². The topological polar surface area (TPSA) is 56.7 Å². The van der Waals surface area contributed by atoms with E-state index in [0.29, 0.717) is 6.04 Å². The highest BCUT2D eigenvalue weighted by Gasteiger charge is 2.18. The second-order valence-electron chi connectivity index (χ2n) is 4.93. The summed E-state index contributed by atoms with van der Waals surface area (Å²) < 4.78 is 2.22. The number of hydrogen-bond donors (Lipinski definition) is 1. The van der Waals surface area contributed by atoms with Crippen molar-refractivity contribution in [2.24, 2.45) is 0 Å². The van der Waals surface area contributed by atoms with E-state index in [0.717, 1.165) is 33.0 Å². The van der Waals surface area contributed by atoms with Gasteiger partial charge in [0.1, 0.15) is 5.52 Å². The lowest BCUT2D eigenvalue weighted by molar-refractivity contribution is 0.625. The molecule has 0 atom stereocenters. The van der Waals surface area contributed by atoms with Gasteiger partial charge in [-0.15, -0.1) is 11.3 Å². The Hall–Kier alpha value is -1.88. The number of pyridine rings is 1. The lowest BCUT2D eigenvalue weighted by Gasteiger charge is -2.12. The summed E-state index contributed by atoms with van der Waals surface area (Å²) in [7, 11) is 0. The zero-order valence-corrected chi connectivity index (χ0v) is 12.0. The van der Waals surface area contributed by atoms with Gasteiger partial charge in [0.2, 0.25) is 0 Å². The molecule has 3 rings (SSSR count). The van der Waals surface area contributed by atoms with Crippen molar-refractivity contribution in [3.63, 3.8) is 0 Å². The zero-order valence-electron chi connectivity index (χ0n) is 11.2. The monoisotopic (exact) mass is 272 g/mol. The highest BCUT2D eigenvalue weighted by molar-refractivity contribution is 7.14. The molecule has 0 aliphatic carbocycles. The standard InChI is InChI=1S/C14H16N4S/c1-8(2)18-11-4-5-16-6-10(11)17-14(18)13-12(15)9(3)7-19-13/h4-8H,15H2,1-3H3. The molecule has 0 fully saturated rings. The molecule has 5 heteroatoms. The number of nitrogens with two attached hydrogens (primary N) is 1. The van der Waals surface area contributed by atoms with E-state index in [1.54, 1.807) is 23.7 Å². The number of fused-ring (bicyclic) bond motifs is 1. The molecule has 2 N–H and O–H groups in total. The fraction of sp³-hybridized carbons (Fsp3) is 0.286. The molecule has 3 aromatic heterocycles. The molecule has 0 aliphatic heterocycles. The van der Waals surface area contributed by atoms with Crippen LogP contribution in [0.1, 0.15) is 25.5 Å². The average Bonchev–Trinajstić information content (AvgIpc) is 2.91. The maximum atomic E-state index is 6.17. The highest BCUT2D eigenvalue weighted by atomic mass is 32.1. The van der Waals surface area contributed by atoms with Crippen molar-refractivity contribution in [2.75, 3.05) is 5.73 Å². The first-order chi connectivity index (χ1) is 9.09. The lowest BCUT2D eigenvalue weighted by Crippen LogP contribution is -2.03. The number of anilines is 1. The second-order valence-corrected chi connectivity index (χ2v) is 5.80. The van der Waals surface area contributed by atoms with E-state index in [2.05, 4.69) is 28.8 Å². The largest absolute Gasteiger partial charge is 0.397 e. The van der Waals surface area contributed by atoms with E-state index in [9.17, 15) is 0 Å². The Kier molecular flexibility index (Phi) is 2.78. The molecule has 0 saturated heterocycles. The first-order valence-corrected chi connectivity index (χ1v) is 7.13. The SMILES string of the molecule is Cc1csc(-c2nc3cnccc3n2C(C)C)c1N. The zero-order chi connectivity index (χ0) is 13.6. The molecular weight excluding hydrogens is 256 g/mol. The fourth-order valence-electron chi connectivity index (χ4n) is 2.26. The number of thiophene rings is 1. The Bertz CT molecular complexity index is 739. The first-order valence-electron chi connectivity index (χ1n) is 6.25. The van der Waals surface area contributed by atoms with Crippen LogP contribution in [0.5, 0.6) is 0 Å². The quantitative estimate of drug-likeness (QED) is 0.775. The molecule has 19 heavy (non-hydrogen) atoms. The van der Waals surface area contributed by atoms with Gasteiger partial charge in [0.05, 0.1) is 22.3 Å². The van der Waals surface area contributed by atoms with Crippen LogP contribution < -0.4 is 5.73 Å². The molecule has 0 radical (unpaired) electrons. The van der Waals surface area contributed by atoms with Crippen LogP contribution in [-0.4, -0.2) is 14.5 Å². The van der Waals surface area contributed by atoms with Gasteiger partial charge in [-0.25, -0.2) is 4.98 Å². The van der Waals surface area contributed by atoms with Crippen LogP contribution in [0.2, 0.25) is 0 Å². The molecule has 98 valence electrons. The Labute approximate surface area is 115 Å². The number of imidazole rings is 1. The van der Waals surface area contributed by atoms with E-state index in [1.165, 1.54) is 0 Å². The molecule has 0 aromatic carbocycles. The summed E-state index contributed by atoms with van der Waals surface area (Å²) in [6.45, 7) is 6.34. The summed E-state index contributed by atoms with van der Waals surface area (Å²) in [6.07, 6.45) is 3.60. The number of nitrogens with zero attached hydrogens (tertiary/aromatic N) is 3. The number of aryl methyl sites for hydroxylation is 1. The Morgan fingerprint density at radius 1 is 1.37 bits per heavy atom. The first kappa shape index (κ1) is 12.2. The molecule has 0 amide bonds. The molecule has 0 unspecified atom stereocenters. The van der Waals surface area contributed by atoms with E-state index in [4.69, 9.17) is 10.7 Å². The van der Waals surface area contributed by atoms with Crippen molar-refractivity contribution in [1.29, 1.82) is 0 Å². The van der Waals surface area contributed by atoms with Crippen LogP contribution in [0.4, 0.5) is 5.69 Å². The number of hydrogen-bond acceptors (Lipinski definition) is 4. The van der Waals surface area contributed by atoms with Crippen LogP contribution >= 0.6 is 11.3 Å². The van der Waals surface area contributed by atoms with Gasteiger partial charge in [-0.3, -0.25) is 4.98 Å². The number of rotatable bonds is 2. The summed E-state index contributed by atoms with van der Waals surface area (Å²) in [5.41, 5.74) is 10.1. The Morgan fingerprint density at radius 2 is 2.16 bits per heavy atom. The van der Waals surface area contributed by atoms with Crippen LogP contribution in [0.25, 0.3) is 21.7 Å². The van der Waals surface area contributed by atoms with Crippen molar-refractivity contribution >= 4 is 28.1 Å². The van der Waals surface area contributed by atoms with Crippen molar-refractivity contribution in [2.45, 2.75) is 26.8 Å². The summed E-state index contributed by atoms with van der Waals surface area (Å²) >= 11 is 1.65. The molecule has 3 aromatic rings. The van der Waals surface area contributed by atoms with Crippen LogP contribution in [0.3, 0.4) is 0 Å². The minimum atomic E-state index is 0.323. The van der Waals surface area contributed by atoms with Gasteiger partial charge in [0.25, 0.3) is 0 Å². The van der Waals surface area contributed by atoms with Crippen molar-refractivity contribution in [1.82, 2.24) is 14.5 Å². The minimum Gasteiger partial charge on any atom is -0.397 e. The van der Waals surface area contributed by atoms with Crippen molar-refractivity contribution in [3.8, 4) is 10.7 Å². The Balaban J connectivity index is 2.34. The third-order valence-electron chi connectivity index (χ3n) is 3.23. The molecular formula is C14H16N4S. The fourth-order valence-corrected chi connectivity index (χ4v) is 3.22. The lowest BCUT2D eigenvalue weighted by atomic mass is 10.2. The van der Waals surface area contributed by atoms with Crippen LogP contribution in [0.15, 0.2) is 23.8 Å². The van der Waals surface area contributed by atoms with Crippen molar-refractivity contribution < 1.29 is 0 Å². The maximum absolute atomic E-state index is 6.17. The van der Waals surface area contributed by atoms with Gasteiger partial charge in [-0.2, -0.15) is 0 Å². The van der Waals surface area contributed by atoms with Gasteiger partial charge < -0.3 is 10.3 Å². The molecule has 0 bridgehead atoms. The van der Waals surface area contributed by atoms with Gasteiger partial charge in [0, 0.05) is 12.2 Å². The predicted octanol–water partition coefficient (Wildman–Crippen LogP) is 3.63. The summed E-state index contributed by atoms with van der Waals surface area (Å²) in [4.78, 5) is 9.90. The van der Waals surface area contributed by atoms with Crippen molar-refractivity contribution in [3.05, 3.63) is 29.4 Å². The maximum Gasteiger partial charge on any atom is 0.153 e. The summed E-state index contributed by atoms with van der Waals surface area (Å²) in [5.74, 6) is 0.939. The highest BCUT2D eigenvalue weighted by Crippen LogP contribution is 2.37. The molecule has 3 heterocycles. The number of nitrogen functional groups attached to an aromatic ring is 1.